The average Bonchev–Trinajstić information content (AvgIpc) is 2.87. The fraction of sp³-hybridized carbons (Fsp3) is 0.611. The lowest BCUT2D eigenvalue weighted by Crippen LogP contribution is -2.47. The van der Waals surface area contributed by atoms with Gasteiger partial charge in [-0.2, -0.15) is 0 Å². The van der Waals surface area contributed by atoms with Gasteiger partial charge in [0.25, 0.3) is 0 Å². The van der Waals surface area contributed by atoms with Crippen LogP contribution >= 0.6 is 24.8 Å². The number of anilines is 1. The predicted octanol–water partition coefficient (Wildman–Crippen LogP) is 1.86. The minimum absolute atomic E-state index is 0. The number of carbonyl (C=O) groups is 1. The highest BCUT2D eigenvalue weighted by atomic mass is 35.5. The smallest absolute Gasteiger partial charge is 0.223 e. The van der Waals surface area contributed by atoms with Gasteiger partial charge in [-0.15, -0.1) is 24.8 Å². The molecule has 1 N–H and O–H groups in total. The number of hydrogen-bond acceptors (Lipinski definition) is 4. The van der Waals surface area contributed by atoms with Crippen molar-refractivity contribution in [2.24, 2.45) is 0 Å². The van der Waals surface area contributed by atoms with Gasteiger partial charge in [0, 0.05) is 64.5 Å². The maximum absolute atomic E-state index is 12.3. The normalized spacial score (nSPS) is 18.7. The Labute approximate surface area is 163 Å². The quantitative estimate of drug-likeness (QED) is 0.854. The van der Waals surface area contributed by atoms with E-state index in [4.69, 9.17) is 0 Å². The van der Waals surface area contributed by atoms with Gasteiger partial charge in [0.2, 0.25) is 5.91 Å². The summed E-state index contributed by atoms with van der Waals surface area (Å²) in [5.74, 6) is 0.315. The second kappa shape index (κ2) is 11.6. The van der Waals surface area contributed by atoms with Crippen LogP contribution in [0.2, 0.25) is 0 Å². The molecule has 0 atom stereocenters. The Balaban J connectivity index is 0.00000156. The maximum atomic E-state index is 12.3. The van der Waals surface area contributed by atoms with E-state index < -0.39 is 0 Å². The SMILES string of the molecule is Cl.Cl.O=C(CCN1CCCN(c2ccccc2)CC1)N1CCNCC1. The van der Waals surface area contributed by atoms with Crippen molar-refractivity contribution in [2.45, 2.75) is 12.8 Å². The van der Waals surface area contributed by atoms with Gasteiger partial charge in [-0.05, 0) is 25.1 Å². The van der Waals surface area contributed by atoms with Crippen LogP contribution in [0.5, 0.6) is 0 Å². The standard InChI is InChI=1S/C18H28N4O.2ClH/c23-18(22-13-8-19-9-14-22)7-12-20-10-4-11-21(16-15-20)17-5-2-1-3-6-17;;/h1-3,5-6,19H,4,7-16H2;2*1H. The van der Waals surface area contributed by atoms with Gasteiger partial charge in [-0.3, -0.25) is 4.79 Å². The molecule has 1 amide bonds. The largest absolute Gasteiger partial charge is 0.370 e. The van der Waals surface area contributed by atoms with Crippen molar-refractivity contribution in [1.82, 2.24) is 15.1 Å². The molecule has 0 spiro atoms. The zero-order valence-corrected chi connectivity index (χ0v) is 16.4. The number of piperazine rings is 1. The molecular weight excluding hydrogens is 359 g/mol. The molecule has 2 saturated heterocycles. The van der Waals surface area contributed by atoms with Gasteiger partial charge in [-0.1, -0.05) is 18.2 Å². The molecule has 3 rings (SSSR count). The van der Waals surface area contributed by atoms with Crippen LogP contribution in [-0.4, -0.2) is 74.6 Å². The Morgan fingerprint density at radius 2 is 1.64 bits per heavy atom. The Hall–Kier alpha value is -1.01. The van der Waals surface area contributed by atoms with Gasteiger partial charge in [0.1, 0.15) is 0 Å². The van der Waals surface area contributed by atoms with E-state index in [2.05, 4.69) is 45.4 Å². The molecule has 1 aromatic rings. The Bertz CT molecular complexity index is 497. The predicted molar refractivity (Wildman–Crippen MR) is 108 cm³/mol. The van der Waals surface area contributed by atoms with Crippen molar-refractivity contribution in [3.8, 4) is 0 Å². The first-order chi connectivity index (χ1) is 11.3. The number of carbonyl (C=O) groups excluding carboxylic acids is 1. The second-order valence-corrected chi connectivity index (χ2v) is 6.40. The molecule has 0 saturated carbocycles. The molecule has 25 heavy (non-hydrogen) atoms. The monoisotopic (exact) mass is 388 g/mol. The third-order valence-electron chi connectivity index (χ3n) is 4.82. The van der Waals surface area contributed by atoms with Crippen molar-refractivity contribution in [3.05, 3.63) is 30.3 Å². The minimum Gasteiger partial charge on any atom is -0.370 e. The first-order valence-electron chi connectivity index (χ1n) is 8.84. The molecule has 0 radical (unpaired) electrons. The van der Waals surface area contributed by atoms with E-state index in [1.165, 1.54) is 5.69 Å². The number of nitrogens with zero attached hydrogens (tertiary/aromatic N) is 3. The lowest BCUT2D eigenvalue weighted by atomic mass is 10.2. The number of hydrogen-bond donors (Lipinski definition) is 1. The summed E-state index contributed by atoms with van der Waals surface area (Å²) in [5, 5.41) is 3.29. The lowest BCUT2D eigenvalue weighted by Gasteiger charge is -2.28. The fourth-order valence-electron chi connectivity index (χ4n) is 3.42. The molecule has 142 valence electrons. The number of rotatable bonds is 4. The summed E-state index contributed by atoms with van der Waals surface area (Å²) in [5.41, 5.74) is 1.31. The summed E-state index contributed by atoms with van der Waals surface area (Å²) >= 11 is 0. The molecule has 0 bridgehead atoms. The highest BCUT2D eigenvalue weighted by molar-refractivity contribution is 5.85. The first kappa shape index (κ1) is 22.0. The summed E-state index contributed by atoms with van der Waals surface area (Å²) in [6, 6.07) is 10.6. The average molecular weight is 389 g/mol. The molecule has 7 heteroatoms. The summed E-state index contributed by atoms with van der Waals surface area (Å²) in [6.45, 7) is 8.77. The molecule has 2 fully saturated rings. The fourth-order valence-corrected chi connectivity index (χ4v) is 3.42. The van der Waals surface area contributed by atoms with Gasteiger partial charge in [-0.25, -0.2) is 0 Å². The van der Waals surface area contributed by atoms with Crippen LogP contribution in [0.1, 0.15) is 12.8 Å². The number of halogens is 2. The van der Waals surface area contributed by atoms with E-state index in [1.54, 1.807) is 0 Å². The van der Waals surface area contributed by atoms with Crippen molar-refractivity contribution in [3.63, 3.8) is 0 Å². The molecule has 0 unspecified atom stereocenters. The molecule has 0 aromatic heterocycles. The van der Waals surface area contributed by atoms with E-state index in [0.29, 0.717) is 12.3 Å². The van der Waals surface area contributed by atoms with Crippen LogP contribution in [0.4, 0.5) is 5.69 Å². The second-order valence-electron chi connectivity index (χ2n) is 6.40. The summed E-state index contributed by atoms with van der Waals surface area (Å²) < 4.78 is 0. The highest BCUT2D eigenvalue weighted by Crippen LogP contribution is 2.15. The Morgan fingerprint density at radius 3 is 2.36 bits per heavy atom. The Morgan fingerprint density at radius 1 is 0.920 bits per heavy atom. The van der Waals surface area contributed by atoms with Crippen LogP contribution in [0.25, 0.3) is 0 Å². The van der Waals surface area contributed by atoms with Crippen molar-refractivity contribution < 1.29 is 4.79 Å². The summed E-state index contributed by atoms with van der Waals surface area (Å²) in [7, 11) is 0. The van der Waals surface area contributed by atoms with Crippen molar-refractivity contribution in [1.29, 1.82) is 0 Å². The topological polar surface area (TPSA) is 38.8 Å². The number of para-hydroxylation sites is 1. The van der Waals surface area contributed by atoms with Crippen LogP contribution in [-0.2, 0) is 4.79 Å². The molecule has 2 aliphatic rings. The lowest BCUT2D eigenvalue weighted by molar-refractivity contribution is -0.132. The van der Waals surface area contributed by atoms with E-state index in [0.717, 1.165) is 65.3 Å². The first-order valence-corrected chi connectivity index (χ1v) is 8.84. The van der Waals surface area contributed by atoms with Crippen LogP contribution in [0.3, 0.4) is 0 Å². The van der Waals surface area contributed by atoms with Gasteiger partial charge >= 0.3 is 0 Å². The van der Waals surface area contributed by atoms with E-state index in [9.17, 15) is 4.79 Å². The van der Waals surface area contributed by atoms with E-state index >= 15 is 0 Å². The van der Waals surface area contributed by atoms with E-state index in [-0.39, 0.29) is 24.8 Å². The van der Waals surface area contributed by atoms with Crippen LogP contribution in [0.15, 0.2) is 30.3 Å². The maximum Gasteiger partial charge on any atom is 0.223 e. The zero-order valence-electron chi connectivity index (χ0n) is 14.7. The Kier molecular flexibility index (Phi) is 10.2. The van der Waals surface area contributed by atoms with Crippen LogP contribution in [0, 0.1) is 0 Å². The zero-order chi connectivity index (χ0) is 15.9. The van der Waals surface area contributed by atoms with E-state index in [1.807, 2.05) is 4.90 Å². The third kappa shape index (κ3) is 6.66. The molecular formula is C18H30Cl2N4O. The number of nitrogens with one attached hydrogen (secondary N) is 1. The summed E-state index contributed by atoms with van der Waals surface area (Å²) in [6.07, 6.45) is 1.82. The molecule has 0 aliphatic carbocycles. The van der Waals surface area contributed by atoms with Crippen LogP contribution < -0.4 is 10.2 Å². The third-order valence-corrected chi connectivity index (χ3v) is 4.82. The van der Waals surface area contributed by atoms with Gasteiger partial charge in [0.05, 0.1) is 0 Å². The number of benzene rings is 1. The molecule has 5 nitrogen and oxygen atoms in total. The van der Waals surface area contributed by atoms with Crippen molar-refractivity contribution in [2.75, 3.05) is 63.8 Å². The molecule has 1 aromatic carbocycles. The van der Waals surface area contributed by atoms with Gasteiger partial charge < -0.3 is 20.0 Å². The molecule has 2 aliphatic heterocycles. The number of amides is 1. The highest BCUT2D eigenvalue weighted by Gasteiger charge is 2.19. The minimum atomic E-state index is 0. The van der Waals surface area contributed by atoms with Crippen molar-refractivity contribution >= 4 is 36.4 Å². The molecule has 2 heterocycles. The van der Waals surface area contributed by atoms with Gasteiger partial charge in [0.15, 0.2) is 0 Å². The summed E-state index contributed by atoms with van der Waals surface area (Å²) in [4.78, 5) is 19.2.